The maximum atomic E-state index is 12.5. The highest BCUT2D eigenvalue weighted by atomic mass is 19.4. The van der Waals surface area contributed by atoms with Crippen LogP contribution in [0.1, 0.15) is 61.9 Å². The van der Waals surface area contributed by atoms with Crippen LogP contribution in [-0.2, 0) is 24.1 Å². The molecule has 6 nitrogen and oxygen atoms in total. The van der Waals surface area contributed by atoms with E-state index in [1.165, 1.54) is 0 Å². The zero-order chi connectivity index (χ0) is 23.8. The van der Waals surface area contributed by atoms with Gasteiger partial charge in [0.25, 0.3) is 0 Å². The number of carbonyl (C=O) groups excluding carboxylic acids is 1. The number of carbonyl (C=O) groups is 1. The van der Waals surface area contributed by atoms with E-state index in [0.717, 1.165) is 82.1 Å². The highest BCUT2D eigenvalue weighted by molar-refractivity contribution is 6.32. The van der Waals surface area contributed by atoms with E-state index in [4.69, 9.17) is 10.8 Å². The van der Waals surface area contributed by atoms with E-state index < -0.39 is 12.6 Å². The summed E-state index contributed by atoms with van der Waals surface area (Å²) in [6.45, 7) is 2.83. The van der Waals surface area contributed by atoms with Gasteiger partial charge in [-0.3, -0.25) is 9.78 Å². The van der Waals surface area contributed by atoms with Crippen LogP contribution in [0.25, 0.3) is 0 Å². The summed E-state index contributed by atoms with van der Waals surface area (Å²) in [4.78, 5) is 18.9. The number of aromatic nitrogens is 1. The minimum atomic E-state index is -4.15. The molecule has 9 heteroatoms. The Hall–Kier alpha value is -2.29. The third kappa shape index (κ3) is 8.53. The fraction of sp³-hybridized carbons (Fsp3) is 0.667. The molecule has 0 saturated heterocycles. The first-order valence-corrected chi connectivity index (χ1v) is 11.9. The highest BCUT2D eigenvalue weighted by Crippen LogP contribution is 2.28. The van der Waals surface area contributed by atoms with Gasteiger partial charge < -0.3 is 21.0 Å². The molecule has 3 rings (SSSR count). The number of fused-ring (bicyclic) bond motifs is 1. The summed E-state index contributed by atoms with van der Waals surface area (Å²) in [5.41, 5.74) is 2.65. The average molecular weight is 466 g/mol. The molecular formula is C24H34F3N5O. The van der Waals surface area contributed by atoms with Crippen LogP contribution in [0.5, 0.6) is 0 Å². The normalized spacial score (nSPS) is 21.7. The molecule has 1 aliphatic heterocycles. The van der Waals surface area contributed by atoms with Crippen molar-refractivity contribution in [3.63, 3.8) is 0 Å². The van der Waals surface area contributed by atoms with Gasteiger partial charge in [-0.2, -0.15) is 13.2 Å². The lowest BCUT2D eigenvalue weighted by Crippen LogP contribution is -2.39. The van der Waals surface area contributed by atoms with E-state index in [-0.39, 0.29) is 30.5 Å². The molecule has 1 aromatic heterocycles. The number of nitrogens with zero attached hydrogens (tertiary/aromatic N) is 2. The molecule has 1 aromatic rings. The minimum absolute atomic E-state index is 0.0218. The maximum absolute atomic E-state index is 12.5. The van der Waals surface area contributed by atoms with Crippen LogP contribution in [0.2, 0.25) is 0 Å². The first-order valence-electron chi connectivity index (χ1n) is 11.9. The van der Waals surface area contributed by atoms with Gasteiger partial charge in [-0.25, -0.2) is 0 Å². The molecule has 33 heavy (non-hydrogen) atoms. The fourth-order valence-corrected chi connectivity index (χ4v) is 4.77. The number of rotatable bonds is 9. The van der Waals surface area contributed by atoms with Crippen molar-refractivity contribution < 1.29 is 18.0 Å². The summed E-state index contributed by atoms with van der Waals surface area (Å²) in [5, 5.41) is 17.4. The standard InChI is InChI=1S/C24H34F3N5O/c25-24(26,27)11-7-21-6-3-18-9-13-32(14-10-22(18)30-21)12-8-17-1-4-20(5-2-17)31-23(33)15-19(29)16-28/h3,6,16-17,20,28-29H,1-2,4-5,7-15H2,(H,31,33). The van der Waals surface area contributed by atoms with Crippen LogP contribution in [0.3, 0.4) is 0 Å². The summed E-state index contributed by atoms with van der Waals surface area (Å²) in [6, 6.07) is 3.86. The smallest absolute Gasteiger partial charge is 0.353 e. The van der Waals surface area contributed by atoms with E-state index in [0.29, 0.717) is 11.6 Å². The van der Waals surface area contributed by atoms with Crippen LogP contribution in [0.15, 0.2) is 12.1 Å². The number of pyridine rings is 1. The predicted octanol–water partition coefficient (Wildman–Crippen LogP) is 4.10. The summed E-state index contributed by atoms with van der Waals surface area (Å²) < 4.78 is 37.5. The minimum Gasteiger partial charge on any atom is -0.353 e. The number of aryl methyl sites for hydroxylation is 1. The molecule has 0 bridgehead atoms. The zero-order valence-corrected chi connectivity index (χ0v) is 19.0. The third-order valence-corrected chi connectivity index (χ3v) is 6.74. The van der Waals surface area contributed by atoms with Gasteiger partial charge in [0.1, 0.15) is 0 Å². The molecule has 1 fully saturated rings. The third-order valence-electron chi connectivity index (χ3n) is 6.74. The van der Waals surface area contributed by atoms with E-state index in [1.807, 2.05) is 6.07 Å². The Morgan fingerprint density at radius 1 is 1.18 bits per heavy atom. The van der Waals surface area contributed by atoms with Gasteiger partial charge in [0.2, 0.25) is 5.91 Å². The Balaban J connectivity index is 1.38. The Morgan fingerprint density at radius 2 is 1.91 bits per heavy atom. The van der Waals surface area contributed by atoms with Crippen LogP contribution >= 0.6 is 0 Å². The molecule has 0 aromatic carbocycles. The lowest BCUT2D eigenvalue weighted by molar-refractivity contribution is -0.134. The molecule has 1 aliphatic carbocycles. The molecule has 2 aliphatic rings. The van der Waals surface area contributed by atoms with Gasteiger partial charge in [0.05, 0.1) is 12.1 Å². The lowest BCUT2D eigenvalue weighted by atomic mass is 9.84. The number of amides is 1. The van der Waals surface area contributed by atoms with Crippen LogP contribution < -0.4 is 5.32 Å². The Morgan fingerprint density at radius 3 is 2.61 bits per heavy atom. The molecule has 0 unspecified atom stereocenters. The molecule has 3 N–H and O–H groups in total. The van der Waals surface area contributed by atoms with Gasteiger partial charge in [-0.15, -0.1) is 0 Å². The molecule has 2 heterocycles. The van der Waals surface area contributed by atoms with E-state index in [9.17, 15) is 18.0 Å². The highest BCUT2D eigenvalue weighted by Gasteiger charge is 2.27. The lowest BCUT2D eigenvalue weighted by Gasteiger charge is -2.30. The second-order valence-electron chi connectivity index (χ2n) is 9.29. The number of halogens is 3. The van der Waals surface area contributed by atoms with Gasteiger partial charge in [-0.05, 0) is 69.0 Å². The predicted molar refractivity (Wildman–Crippen MR) is 122 cm³/mol. The van der Waals surface area contributed by atoms with Gasteiger partial charge in [0.15, 0.2) is 0 Å². The molecule has 1 amide bonds. The number of nitrogens with one attached hydrogen (secondary N) is 3. The van der Waals surface area contributed by atoms with Crippen LogP contribution in [0.4, 0.5) is 13.2 Å². The van der Waals surface area contributed by atoms with Crippen molar-refractivity contribution in [1.82, 2.24) is 15.2 Å². The number of hydrogen-bond donors (Lipinski definition) is 3. The second kappa shape index (κ2) is 11.7. The molecule has 182 valence electrons. The SMILES string of the molecule is N=CC(=N)CC(=O)NC1CCC(CCN2CCc3ccc(CCC(F)(F)F)nc3CC2)CC1. The van der Waals surface area contributed by atoms with Crippen molar-refractivity contribution in [3.05, 3.63) is 29.1 Å². The van der Waals surface area contributed by atoms with Gasteiger partial charge in [0, 0.05) is 49.6 Å². The molecule has 0 radical (unpaired) electrons. The molecule has 0 atom stereocenters. The molecule has 1 saturated carbocycles. The topological polar surface area (TPSA) is 92.9 Å². The van der Waals surface area contributed by atoms with Crippen molar-refractivity contribution in [2.45, 2.75) is 76.4 Å². The quantitative estimate of drug-likeness (QED) is 0.480. The van der Waals surface area contributed by atoms with Gasteiger partial charge >= 0.3 is 6.18 Å². The Bertz CT molecular complexity index is 834. The summed E-state index contributed by atoms with van der Waals surface area (Å²) >= 11 is 0. The van der Waals surface area contributed by atoms with Crippen LogP contribution in [0, 0.1) is 16.7 Å². The summed E-state index contributed by atoms with van der Waals surface area (Å²) in [6.07, 6.45) is 2.65. The number of alkyl halides is 3. The van der Waals surface area contributed by atoms with Crippen molar-refractivity contribution in [2.24, 2.45) is 5.92 Å². The largest absolute Gasteiger partial charge is 0.389 e. The zero-order valence-electron chi connectivity index (χ0n) is 19.0. The second-order valence-corrected chi connectivity index (χ2v) is 9.29. The van der Waals surface area contributed by atoms with E-state index >= 15 is 0 Å². The number of hydrogen-bond acceptors (Lipinski definition) is 5. The first kappa shape index (κ1) is 25.3. The van der Waals surface area contributed by atoms with Crippen molar-refractivity contribution in [3.8, 4) is 0 Å². The van der Waals surface area contributed by atoms with Crippen molar-refractivity contribution in [2.75, 3.05) is 19.6 Å². The Labute approximate surface area is 193 Å². The van der Waals surface area contributed by atoms with Crippen molar-refractivity contribution in [1.29, 1.82) is 10.8 Å². The average Bonchev–Trinajstić information content (AvgIpc) is 2.98. The Kier molecular flexibility index (Phi) is 9.00. The molecule has 0 spiro atoms. The summed E-state index contributed by atoms with van der Waals surface area (Å²) in [7, 11) is 0. The fourth-order valence-electron chi connectivity index (χ4n) is 4.77. The monoisotopic (exact) mass is 465 g/mol. The van der Waals surface area contributed by atoms with Gasteiger partial charge in [-0.1, -0.05) is 6.07 Å². The summed E-state index contributed by atoms with van der Waals surface area (Å²) in [5.74, 6) is 0.460. The van der Waals surface area contributed by atoms with Crippen LogP contribution in [-0.4, -0.2) is 59.6 Å². The first-order chi connectivity index (χ1) is 15.7. The molecular weight excluding hydrogens is 431 g/mol. The van der Waals surface area contributed by atoms with Crippen molar-refractivity contribution >= 4 is 17.8 Å². The van der Waals surface area contributed by atoms with E-state index in [1.54, 1.807) is 6.07 Å². The van der Waals surface area contributed by atoms with E-state index in [2.05, 4.69) is 15.2 Å². The maximum Gasteiger partial charge on any atom is 0.389 e.